The van der Waals surface area contributed by atoms with Crippen LogP contribution in [0.4, 0.5) is 0 Å². The van der Waals surface area contributed by atoms with E-state index in [1.54, 1.807) is 17.6 Å². The van der Waals surface area contributed by atoms with Gasteiger partial charge in [0.1, 0.15) is 6.23 Å². The van der Waals surface area contributed by atoms with Gasteiger partial charge in [0.15, 0.2) is 6.29 Å². The molecule has 2 aromatic rings. The fraction of sp³-hybridized carbons (Fsp3) is 0.154. The third-order valence-corrected chi connectivity index (χ3v) is 2.51. The molecule has 1 aromatic heterocycles. The summed E-state index contributed by atoms with van der Waals surface area (Å²) in [7, 11) is 0. The van der Waals surface area contributed by atoms with E-state index in [0.29, 0.717) is 5.69 Å². The van der Waals surface area contributed by atoms with Gasteiger partial charge in [-0.2, -0.15) is 0 Å². The summed E-state index contributed by atoms with van der Waals surface area (Å²) in [5.41, 5.74) is 2.31. The largest absolute Gasteiger partial charge is 0.374 e. The number of benzene rings is 1. The Balaban J connectivity index is 2.58. The zero-order valence-corrected chi connectivity index (χ0v) is 9.00. The zero-order chi connectivity index (χ0) is 11.5. The molecule has 0 bridgehead atoms. The minimum Gasteiger partial charge on any atom is -0.374 e. The minimum atomic E-state index is -0.717. The minimum absolute atomic E-state index is 0.480. The molecule has 0 aliphatic carbocycles. The number of hydrogen-bond donors (Lipinski definition) is 1. The molecule has 1 unspecified atom stereocenters. The summed E-state index contributed by atoms with van der Waals surface area (Å²) in [6.07, 6.45) is 0.0320. The molecule has 0 fully saturated rings. The van der Waals surface area contributed by atoms with E-state index in [2.05, 4.69) is 0 Å². The van der Waals surface area contributed by atoms with Crippen molar-refractivity contribution in [3.63, 3.8) is 0 Å². The zero-order valence-electron chi connectivity index (χ0n) is 9.00. The predicted molar refractivity (Wildman–Crippen MR) is 62.2 cm³/mol. The van der Waals surface area contributed by atoms with Gasteiger partial charge >= 0.3 is 0 Å². The number of carbonyl (C=O) groups excluding carboxylic acids is 1. The average Bonchev–Trinajstić information content (AvgIpc) is 2.73. The molecule has 3 heteroatoms. The van der Waals surface area contributed by atoms with Crippen LogP contribution in [0, 0.1) is 0 Å². The quantitative estimate of drug-likeness (QED) is 0.799. The Kier molecular flexibility index (Phi) is 2.88. The first kappa shape index (κ1) is 10.6. The van der Waals surface area contributed by atoms with E-state index in [-0.39, 0.29) is 0 Å². The number of rotatable bonds is 3. The van der Waals surface area contributed by atoms with Crippen molar-refractivity contribution in [2.24, 2.45) is 0 Å². The van der Waals surface area contributed by atoms with Gasteiger partial charge in [-0.25, -0.2) is 0 Å². The van der Waals surface area contributed by atoms with Crippen molar-refractivity contribution in [1.82, 2.24) is 4.57 Å². The SMILES string of the molecule is CC(O)n1c(C=O)ccc1-c1ccccc1. The van der Waals surface area contributed by atoms with Crippen molar-refractivity contribution in [2.45, 2.75) is 13.2 Å². The summed E-state index contributed by atoms with van der Waals surface area (Å²) in [5, 5.41) is 9.67. The Hall–Kier alpha value is -1.87. The van der Waals surface area contributed by atoms with Crippen molar-refractivity contribution in [2.75, 3.05) is 0 Å². The van der Waals surface area contributed by atoms with Gasteiger partial charge in [0.05, 0.1) is 11.4 Å². The van der Waals surface area contributed by atoms with Crippen molar-refractivity contribution in [3.8, 4) is 11.3 Å². The van der Waals surface area contributed by atoms with Crippen molar-refractivity contribution in [1.29, 1.82) is 0 Å². The van der Waals surface area contributed by atoms with E-state index in [0.717, 1.165) is 17.5 Å². The summed E-state index contributed by atoms with van der Waals surface area (Å²) in [5.74, 6) is 0. The topological polar surface area (TPSA) is 42.2 Å². The molecule has 0 spiro atoms. The summed E-state index contributed by atoms with van der Waals surface area (Å²) < 4.78 is 1.61. The second kappa shape index (κ2) is 4.33. The molecule has 1 heterocycles. The molecular formula is C13H13NO2. The Labute approximate surface area is 94.0 Å². The van der Waals surface area contributed by atoms with Crippen molar-refractivity contribution >= 4 is 6.29 Å². The normalized spacial score (nSPS) is 12.4. The van der Waals surface area contributed by atoms with Gasteiger partial charge in [0.25, 0.3) is 0 Å². The molecule has 0 aliphatic rings. The maximum Gasteiger partial charge on any atom is 0.166 e. The van der Waals surface area contributed by atoms with Crippen LogP contribution < -0.4 is 0 Å². The van der Waals surface area contributed by atoms with Gasteiger partial charge in [-0.15, -0.1) is 0 Å². The van der Waals surface area contributed by atoms with Gasteiger partial charge in [-0.3, -0.25) is 4.79 Å². The van der Waals surface area contributed by atoms with Crippen LogP contribution in [-0.2, 0) is 0 Å². The van der Waals surface area contributed by atoms with E-state index < -0.39 is 6.23 Å². The molecule has 16 heavy (non-hydrogen) atoms. The molecule has 0 aliphatic heterocycles. The first-order valence-corrected chi connectivity index (χ1v) is 5.14. The highest BCUT2D eigenvalue weighted by Crippen LogP contribution is 2.24. The number of aliphatic hydroxyl groups excluding tert-OH is 1. The number of carbonyl (C=O) groups is 1. The van der Waals surface area contributed by atoms with E-state index in [1.165, 1.54) is 0 Å². The Morgan fingerprint density at radius 3 is 2.44 bits per heavy atom. The fourth-order valence-electron chi connectivity index (χ4n) is 1.82. The molecule has 2 rings (SSSR count). The van der Waals surface area contributed by atoms with Gasteiger partial charge < -0.3 is 9.67 Å². The third-order valence-electron chi connectivity index (χ3n) is 2.51. The highest BCUT2D eigenvalue weighted by molar-refractivity contribution is 5.76. The van der Waals surface area contributed by atoms with Gasteiger partial charge in [0, 0.05) is 0 Å². The maximum absolute atomic E-state index is 10.8. The maximum atomic E-state index is 10.8. The molecule has 3 nitrogen and oxygen atoms in total. The number of hydrogen-bond acceptors (Lipinski definition) is 2. The van der Waals surface area contributed by atoms with Gasteiger partial charge in [-0.1, -0.05) is 30.3 Å². The Bertz CT molecular complexity index is 486. The lowest BCUT2D eigenvalue weighted by atomic mass is 10.1. The summed E-state index contributed by atoms with van der Waals surface area (Å²) in [6, 6.07) is 13.2. The summed E-state index contributed by atoms with van der Waals surface area (Å²) in [4.78, 5) is 10.8. The Morgan fingerprint density at radius 2 is 1.88 bits per heavy atom. The molecule has 0 amide bonds. The number of aldehydes is 1. The van der Waals surface area contributed by atoms with Crippen LogP contribution in [0.3, 0.4) is 0 Å². The van der Waals surface area contributed by atoms with Crippen LogP contribution in [0.2, 0.25) is 0 Å². The second-order valence-electron chi connectivity index (χ2n) is 3.63. The van der Waals surface area contributed by atoms with Crippen molar-refractivity contribution in [3.05, 3.63) is 48.2 Å². The first-order chi connectivity index (χ1) is 7.74. The number of nitrogens with zero attached hydrogens (tertiary/aromatic N) is 1. The molecule has 0 saturated carbocycles. The molecule has 0 radical (unpaired) electrons. The van der Waals surface area contributed by atoms with E-state index in [4.69, 9.17) is 0 Å². The predicted octanol–water partition coefficient (Wildman–Crippen LogP) is 2.48. The van der Waals surface area contributed by atoms with Gasteiger partial charge in [0.2, 0.25) is 0 Å². The monoisotopic (exact) mass is 215 g/mol. The molecule has 0 saturated heterocycles. The molecule has 82 valence electrons. The molecule has 1 aromatic carbocycles. The fourth-order valence-corrected chi connectivity index (χ4v) is 1.82. The summed E-state index contributed by atoms with van der Waals surface area (Å²) in [6.45, 7) is 1.64. The third kappa shape index (κ3) is 1.77. The van der Waals surface area contributed by atoms with E-state index in [1.807, 2.05) is 36.4 Å². The molecule has 1 N–H and O–H groups in total. The molecule has 1 atom stereocenters. The average molecular weight is 215 g/mol. The van der Waals surface area contributed by atoms with E-state index in [9.17, 15) is 9.90 Å². The van der Waals surface area contributed by atoms with Crippen LogP contribution in [0.25, 0.3) is 11.3 Å². The Morgan fingerprint density at radius 1 is 1.19 bits per heavy atom. The first-order valence-electron chi connectivity index (χ1n) is 5.14. The number of aromatic nitrogens is 1. The lowest BCUT2D eigenvalue weighted by Crippen LogP contribution is -2.08. The van der Waals surface area contributed by atoms with Crippen LogP contribution in [0.15, 0.2) is 42.5 Å². The second-order valence-corrected chi connectivity index (χ2v) is 3.63. The van der Waals surface area contributed by atoms with Crippen LogP contribution in [0.1, 0.15) is 23.6 Å². The highest BCUT2D eigenvalue weighted by atomic mass is 16.3. The van der Waals surface area contributed by atoms with Crippen molar-refractivity contribution < 1.29 is 9.90 Å². The summed E-state index contributed by atoms with van der Waals surface area (Å²) >= 11 is 0. The van der Waals surface area contributed by atoms with Crippen LogP contribution in [-0.4, -0.2) is 16.0 Å². The lowest BCUT2D eigenvalue weighted by Gasteiger charge is -2.13. The standard InChI is InChI=1S/C13H13NO2/c1-10(16)14-12(9-15)7-8-13(14)11-5-3-2-4-6-11/h2-10,16H,1H3. The van der Waals surface area contributed by atoms with Crippen LogP contribution in [0.5, 0.6) is 0 Å². The lowest BCUT2D eigenvalue weighted by molar-refractivity contribution is 0.104. The van der Waals surface area contributed by atoms with E-state index >= 15 is 0 Å². The van der Waals surface area contributed by atoms with Gasteiger partial charge in [-0.05, 0) is 24.6 Å². The highest BCUT2D eigenvalue weighted by Gasteiger charge is 2.12. The van der Waals surface area contributed by atoms with Crippen LogP contribution >= 0.6 is 0 Å². The smallest absolute Gasteiger partial charge is 0.166 e. The number of aliphatic hydroxyl groups is 1. The molecular weight excluding hydrogens is 202 g/mol.